The van der Waals surface area contributed by atoms with Crippen molar-refractivity contribution in [2.45, 2.75) is 13.0 Å². The van der Waals surface area contributed by atoms with Gasteiger partial charge in [-0.3, -0.25) is 0 Å². The summed E-state index contributed by atoms with van der Waals surface area (Å²) in [5, 5.41) is 2.99. The van der Waals surface area contributed by atoms with Gasteiger partial charge in [-0.25, -0.2) is 13.6 Å². The normalized spacial score (nSPS) is 10.5. The quantitative estimate of drug-likeness (QED) is 0.750. The van der Waals surface area contributed by atoms with Crippen LogP contribution in [0.1, 0.15) is 17.6 Å². The highest BCUT2D eigenvalue weighted by Crippen LogP contribution is 2.18. The van der Waals surface area contributed by atoms with Crippen LogP contribution >= 0.6 is 0 Å². The van der Waals surface area contributed by atoms with Gasteiger partial charge >= 0.3 is 6.09 Å². The molecule has 0 aliphatic heterocycles. The van der Waals surface area contributed by atoms with E-state index in [0.29, 0.717) is 13.1 Å². The highest BCUT2D eigenvalue weighted by Gasteiger charge is 2.05. The molecule has 0 spiro atoms. The zero-order valence-corrected chi connectivity index (χ0v) is 9.16. The molecule has 0 aliphatic rings. The number of carbonyl (C=O) groups excluding carboxylic acids is 1. The second-order valence-corrected chi connectivity index (χ2v) is 3.39. The topological polar surface area (TPSA) is 64.4 Å². The molecule has 17 heavy (non-hydrogen) atoms. The zero-order chi connectivity index (χ0) is 12.7. The van der Waals surface area contributed by atoms with Gasteiger partial charge in [-0.1, -0.05) is 24.3 Å². The van der Waals surface area contributed by atoms with Crippen molar-refractivity contribution in [1.82, 2.24) is 5.32 Å². The van der Waals surface area contributed by atoms with Crippen LogP contribution in [0.15, 0.2) is 24.3 Å². The van der Waals surface area contributed by atoms with Crippen molar-refractivity contribution in [3.8, 4) is 0 Å². The standard InChI is InChI=1S/C11H14F2N2O2/c12-10(13)9-3-1-8(2-4-9)7-15-5-6-17-11(14)16/h1-4,10,15H,5-7H2,(H2,14,16). The van der Waals surface area contributed by atoms with Crippen LogP contribution in [-0.4, -0.2) is 19.2 Å². The van der Waals surface area contributed by atoms with Gasteiger partial charge in [0.2, 0.25) is 0 Å². The summed E-state index contributed by atoms with van der Waals surface area (Å²) in [6.07, 6.45) is -3.26. The number of rotatable bonds is 6. The third-order valence-electron chi connectivity index (χ3n) is 2.08. The predicted octanol–water partition coefficient (Wildman–Crippen LogP) is 1.81. The lowest BCUT2D eigenvalue weighted by Gasteiger charge is -2.06. The second-order valence-electron chi connectivity index (χ2n) is 3.39. The van der Waals surface area contributed by atoms with Crippen molar-refractivity contribution < 1.29 is 18.3 Å². The Morgan fingerprint density at radius 2 is 2.00 bits per heavy atom. The number of nitrogens with two attached hydrogens (primary N) is 1. The van der Waals surface area contributed by atoms with Crippen molar-refractivity contribution in [3.05, 3.63) is 35.4 Å². The van der Waals surface area contributed by atoms with Gasteiger partial charge in [0, 0.05) is 18.7 Å². The average molecular weight is 244 g/mol. The number of amides is 1. The molecule has 0 fully saturated rings. The van der Waals surface area contributed by atoms with E-state index in [1.807, 2.05) is 0 Å². The molecule has 94 valence electrons. The molecule has 0 saturated heterocycles. The van der Waals surface area contributed by atoms with Crippen LogP contribution in [0.5, 0.6) is 0 Å². The Bertz CT molecular complexity index is 355. The summed E-state index contributed by atoms with van der Waals surface area (Å²) in [6.45, 7) is 1.16. The Kier molecular flexibility index (Phi) is 5.35. The predicted molar refractivity (Wildman–Crippen MR) is 58.6 cm³/mol. The summed E-state index contributed by atoms with van der Waals surface area (Å²) in [4.78, 5) is 10.2. The second kappa shape index (κ2) is 6.80. The van der Waals surface area contributed by atoms with E-state index in [4.69, 9.17) is 5.73 Å². The van der Waals surface area contributed by atoms with Crippen molar-refractivity contribution in [1.29, 1.82) is 0 Å². The van der Waals surface area contributed by atoms with Crippen LogP contribution < -0.4 is 11.1 Å². The number of nitrogens with one attached hydrogen (secondary N) is 1. The lowest BCUT2D eigenvalue weighted by molar-refractivity contribution is 0.151. The van der Waals surface area contributed by atoms with Gasteiger partial charge in [0.25, 0.3) is 6.43 Å². The number of carbonyl (C=O) groups is 1. The van der Waals surface area contributed by atoms with E-state index < -0.39 is 12.5 Å². The summed E-state index contributed by atoms with van der Waals surface area (Å²) in [5.74, 6) is 0. The number of ether oxygens (including phenoxy) is 1. The number of hydrogen-bond donors (Lipinski definition) is 2. The molecule has 1 aromatic carbocycles. The van der Waals surface area contributed by atoms with Crippen LogP contribution in [0, 0.1) is 0 Å². The molecular formula is C11H14F2N2O2. The number of benzene rings is 1. The van der Waals surface area contributed by atoms with Crippen molar-refractivity contribution >= 4 is 6.09 Å². The Balaban J connectivity index is 2.25. The molecular weight excluding hydrogens is 230 g/mol. The molecule has 0 unspecified atom stereocenters. The molecule has 0 bridgehead atoms. The first-order chi connectivity index (χ1) is 8.09. The first-order valence-electron chi connectivity index (χ1n) is 5.09. The minimum absolute atomic E-state index is 0.00538. The molecule has 0 aromatic heterocycles. The van der Waals surface area contributed by atoms with Crippen molar-refractivity contribution in [2.75, 3.05) is 13.2 Å². The van der Waals surface area contributed by atoms with Crippen LogP contribution in [0.3, 0.4) is 0 Å². The average Bonchev–Trinajstić information content (AvgIpc) is 2.29. The monoisotopic (exact) mass is 244 g/mol. The molecule has 3 N–H and O–H groups in total. The number of alkyl halides is 2. The number of primary amides is 1. The summed E-state index contributed by atoms with van der Waals surface area (Å²) in [7, 11) is 0. The van der Waals surface area contributed by atoms with E-state index >= 15 is 0 Å². The van der Waals surface area contributed by atoms with E-state index in [2.05, 4.69) is 10.1 Å². The Labute approximate surface area is 97.8 Å². The smallest absolute Gasteiger partial charge is 0.404 e. The Hall–Kier alpha value is -1.69. The minimum Gasteiger partial charge on any atom is -0.448 e. The SMILES string of the molecule is NC(=O)OCCNCc1ccc(C(F)F)cc1. The van der Waals surface area contributed by atoms with E-state index in [1.54, 1.807) is 12.1 Å². The third kappa shape index (κ3) is 5.26. The fraction of sp³-hybridized carbons (Fsp3) is 0.364. The first kappa shape index (κ1) is 13.4. The van der Waals surface area contributed by atoms with E-state index in [0.717, 1.165) is 5.56 Å². The first-order valence-corrected chi connectivity index (χ1v) is 5.09. The van der Waals surface area contributed by atoms with Crippen LogP contribution in [0.2, 0.25) is 0 Å². The maximum Gasteiger partial charge on any atom is 0.404 e. The van der Waals surface area contributed by atoms with Crippen LogP contribution in [-0.2, 0) is 11.3 Å². The maximum atomic E-state index is 12.3. The largest absolute Gasteiger partial charge is 0.448 e. The van der Waals surface area contributed by atoms with Gasteiger partial charge in [0.15, 0.2) is 0 Å². The molecule has 1 amide bonds. The molecule has 6 heteroatoms. The van der Waals surface area contributed by atoms with Gasteiger partial charge in [-0.2, -0.15) is 0 Å². The molecule has 0 aliphatic carbocycles. The van der Waals surface area contributed by atoms with Crippen LogP contribution in [0.4, 0.5) is 13.6 Å². The maximum absolute atomic E-state index is 12.3. The van der Waals surface area contributed by atoms with Gasteiger partial charge in [-0.05, 0) is 5.56 Å². The fourth-order valence-electron chi connectivity index (χ4n) is 1.24. The molecule has 1 rings (SSSR count). The molecule has 0 saturated carbocycles. The lowest BCUT2D eigenvalue weighted by Crippen LogP contribution is -2.23. The van der Waals surface area contributed by atoms with Gasteiger partial charge in [0.05, 0.1) is 0 Å². The number of hydrogen-bond acceptors (Lipinski definition) is 3. The van der Waals surface area contributed by atoms with Gasteiger partial charge < -0.3 is 15.8 Å². The summed E-state index contributed by atoms with van der Waals surface area (Å²) < 4.78 is 29.0. The lowest BCUT2D eigenvalue weighted by atomic mass is 10.1. The summed E-state index contributed by atoms with van der Waals surface area (Å²) >= 11 is 0. The van der Waals surface area contributed by atoms with E-state index in [-0.39, 0.29) is 12.2 Å². The Morgan fingerprint density at radius 1 is 1.35 bits per heavy atom. The van der Waals surface area contributed by atoms with E-state index in [9.17, 15) is 13.6 Å². The molecule has 0 atom stereocenters. The summed E-state index contributed by atoms with van der Waals surface area (Å²) in [6, 6.07) is 6.04. The van der Waals surface area contributed by atoms with Crippen LogP contribution in [0.25, 0.3) is 0 Å². The van der Waals surface area contributed by atoms with Gasteiger partial charge in [-0.15, -0.1) is 0 Å². The highest BCUT2D eigenvalue weighted by molar-refractivity contribution is 5.64. The molecule has 0 heterocycles. The van der Waals surface area contributed by atoms with Crippen molar-refractivity contribution in [2.24, 2.45) is 5.73 Å². The van der Waals surface area contributed by atoms with E-state index in [1.165, 1.54) is 12.1 Å². The third-order valence-corrected chi connectivity index (χ3v) is 2.08. The molecule has 4 nitrogen and oxygen atoms in total. The van der Waals surface area contributed by atoms with Crippen molar-refractivity contribution in [3.63, 3.8) is 0 Å². The summed E-state index contributed by atoms with van der Waals surface area (Å²) in [5.41, 5.74) is 5.66. The minimum atomic E-state index is -2.44. The number of halogens is 2. The molecule has 1 aromatic rings. The Morgan fingerprint density at radius 3 is 2.53 bits per heavy atom. The van der Waals surface area contributed by atoms with Gasteiger partial charge in [0.1, 0.15) is 6.61 Å². The highest BCUT2D eigenvalue weighted by atomic mass is 19.3. The molecule has 0 radical (unpaired) electrons. The zero-order valence-electron chi connectivity index (χ0n) is 9.16. The fourth-order valence-corrected chi connectivity index (χ4v) is 1.24.